The summed E-state index contributed by atoms with van der Waals surface area (Å²) in [7, 11) is 0. The fourth-order valence-electron chi connectivity index (χ4n) is 2.80. The SMILES string of the molecule is CC1CC(Nc2cccc(-c3nnco3)c2)CC(C)O1. The molecule has 2 aromatic rings. The zero-order chi connectivity index (χ0) is 13.9. The van der Waals surface area contributed by atoms with Crippen molar-refractivity contribution in [1.29, 1.82) is 0 Å². The summed E-state index contributed by atoms with van der Waals surface area (Å²) < 4.78 is 11.0. The van der Waals surface area contributed by atoms with Crippen LogP contribution in [-0.2, 0) is 4.74 Å². The van der Waals surface area contributed by atoms with E-state index in [1.165, 1.54) is 6.39 Å². The maximum atomic E-state index is 5.76. The Labute approximate surface area is 118 Å². The Morgan fingerprint density at radius 3 is 2.70 bits per heavy atom. The van der Waals surface area contributed by atoms with Crippen molar-refractivity contribution < 1.29 is 9.15 Å². The number of rotatable bonds is 3. The lowest BCUT2D eigenvalue weighted by Gasteiger charge is -2.33. The molecule has 2 heterocycles. The van der Waals surface area contributed by atoms with Gasteiger partial charge in [-0.05, 0) is 44.9 Å². The van der Waals surface area contributed by atoms with E-state index in [1.807, 2.05) is 18.2 Å². The molecule has 5 nitrogen and oxygen atoms in total. The Morgan fingerprint density at radius 2 is 2.00 bits per heavy atom. The topological polar surface area (TPSA) is 60.2 Å². The molecule has 2 unspecified atom stereocenters. The van der Waals surface area contributed by atoms with Crippen molar-refractivity contribution in [3.05, 3.63) is 30.7 Å². The second-order valence-corrected chi connectivity index (χ2v) is 5.39. The summed E-state index contributed by atoms with van der Waals surface area (Å²) in [6, 6.07) is 8.50. The number of hydrogen-bond acceptors (Lipinski definition) is 5. The van der Waals surface area contributed by atoms with E-state index in [0.717, 1.165) is 24.1 Å². The molecular weight excluding hydrogens is 254 g/mol. The van der Waals surface area contributed by atoms with Gasteiger partial charge in [0.05, 0.1) is 12.2 Å². The van der Waals surface area contributed by atoms with Crippen LogP contribution in [0.1, 0.15) is 26.7 Å². The van der Waals surface area contributed by atoms with E-state index >= 15 is 0 Å². The van der Waals surface area contributed by atoms with E-state index in [4.69, 9.17) is 9.15 Å². The summed E-state index contributed by atoms with van der Waals surface area (Å²) in [5, 5.41) is 11.2. The molecule has 1 aromatic heterocycles. The Bertz CT molecular complexity index is 546. The molecule has 5 heteroatoms. The summed E-state index contributed by atoms with van der Waals surface area (Å²) in [5.74, 6) is 0.544. The first-order valence-corrected chi connectivity index (χ1v) is 6.99. The fraction of sp³-hybridized carbons (Fsp3) is 0.467. The summed E-state index contributed by atoms with van der Waals surface area (Å²) in [5.41, 5.74) is 2.01. The highest BCUT2D eigenvalue weighted by atomic mass is 16.5. The second kappa shape index (κ2) is 5.63. The van der Waals surface area contributed by atoms with Gasteiger partial charge in [-0.25, -0.2) is 0 Å². The Hall–Kier alpha value is -1.88. The fourth-order valence-corrected chi connectivity index (χ4v) is 2.80. The van der Waals surface area contributed by atoms with E-state index in [2.05, 4.69) is 35.4 Å². The number of nitrogens with zero attached hydrogens (tertiary/aromatic N) is 2. The standard InChI is InChI=1S/C15H19N3O2/c1-10-6-14(7-11(2)20-10)17-13-5-3-4-12(8-13)15-18-16-9-19-15/h3-5,8-11,14,17H,6-7H2,1-2H3. The molecule has 1 aromatic carbocycles. The minimum atomic E-state index is 0.301. The number of anilines is 1. The van der Waals surface area contributed by atoms with Crippen molar-refractivity contribution in [2.24, 2.45) is 0 Å². The maximum Gasteiger partial charge on any atom is 0.247 e. The first-order valence-electron chi connectivity index (χ1n) is 6.99. The predicted octanol–water partition coefficient (Wildman–Crippen LogP) is 3.10. The van der Waals surface area contributed by atoms with Crippen LogP contribution in [0.5, 0.6) is 0 Å². The van der Waals surface area contributed by atoms with Crippen LogP contribution in [0.2, 0.25) is 0 Å². The van der Waals surface area contributed by atoms with E-state index in [1.54, 1.807) is 0 Å². The van der Waals surface area contributed by atoms with Gasteiger partial charge in [0.1, 0.15) is 0 Å². The zero-order valence-electron chi connectivity index (χ0n) is 11.7. The van der Waals surface area contributed by atoms with E-state index in [-0.39, 0.29) is 0 Å². The van der Waals surface area contributed by atoms with Crippen LogP contribution in [0.3, 0.4) is 0 Å². The molecule has 1 fully saturated rings. The van der Waals surface area contributed by atoms with Crippen LogP contribution in [0, 0.1) is 0 Å². The van der Waals surface area contributed by atoms with Gasteiger partial charge in [0.15, 0.2) is 0 Å². The van der Waals surface area contributed by atoms with E-state index in [9.17, 15) is 0 Å². The zero-order valence-corrected chi connectivity index (χ0v) is 11.7. The summed E-state index contributed by atoms with van der Waals surface area (Å²) in [6.07, 6.45) is 3.99. The van der Waals surface area contributed by atoms with Gasteiger partial charge in [0.25, 0.3) is 0 Å². The van der Waals surface area contributed by atoms with E-state index in [0.29, 0.717) is 24.1 Å². The lowest BCUT2D eigenvalue weighted by molar-refractivity contribution is -0.0337. The quantitative estimate of drug-likeness (QED) is 0.931. The summed E-state index contributed by atoms with van der Waals surface area (Å²) >= 11 is 0. The van der Waals surface area contributed by atoms with Gasteiger partial charge in [-0.3, -0.25) is 0 Å². The molecule has 0 amide bonds. The molecule has 0 radical (unpaired) electrons. The van der Waals surface area contributed by atoms with Crippen LogP contribution in [-0.4, -0.2) is 28.4 Å². The highest BCUT2D eigenvalue weighted by molar-refractivity contribution is 5.61. The molecule has 20 heavy (non-hydrogen) atoms. The van der Waals surface area contributed by atoms with Crippen molar-refractivity contribution in [3.8, 4) is 11.5 Å². The van der Waals surface area contributed by atoms with E-state index < -0.39 is 0 Å². The smallest absolute Gasteiger partial charge is 0.247 e. The number of aromatic nitrogens is 2. The van der Waals surface area contributed by atoms with Gasteiger partial charge in [-0.15, -0.1) is 10.2 Å². The molecule has 1 saturated heterocycles. The van der Waals surface area contributed by atoms with Crippen molar-refractivity contribution in [1.82, 2.24) is 10.2 Å². The van der Waals surface area contributed by atoms with Gasteiger partial charge in [-0.2, -0.15) is 0 Å². The van der Waals surface area contributed by atoms with Gasteiger partial charge in [0, 0.05) is 17.3 Å². The lowest BCUT2D eigenvalue weighted by atomic mass is 9.99. The van der Waals surface area contributed by atoms with Crippen molar-refractivity contribution >= 4 is 5.69 Å². The van der Waals surface area contributed by atoms with Crippen molar-refractivity contribution in [3.63, 3.8) is 0 Å². The third-order valence-electron chi connectivity index (χ3n) is 3.54. The van der Waals surface area contributed by atoms with Crippen molar-refractivity contribution in [2.75, 3.05) is 5.32 Å². The number of benzene rings is 1. The molecule has 0 bridgehead atoms. The van der Waals surface area contributed by atoms with Crippen LogP contribution in [0.15, 0.2) is 35.1 Å². The monoisotopic (exact) mass is 273 g/mol. The number of hydrogen-bond donors (Lipinski definition) is 1. The van der Waals surface area contributed by atoms with Gasteiger partial charge in [0.2, 0.25) is 12.3 Å². The third-order valence-corrected chi connectivity index (χ3v) is 3.54. The summed E-state index contributed by atoms with van der Waals surface area (Å²) in [6.45, 7) is 4.25. The molecule has 1 N–H and O–H groups in total. The van der Waals surface area contributed by atoms with Gasteiger partial charge in [-0.1, -0.05) is 6.07 Å². The Balaban J connectivity index is 1.73. The van der Waals surface area contributed by atoms with Gasteiger partial charge >= 0.3 is 0 Å². The van der Waals surface area contributed by atoms with Gasteiger partial charge < -0.3 is 14.5 Å². The number of ether oxygens (including phenoxy) is 1. The lowest BCUT2D eigenvalue weighted by Crippen LogP contribution is -2.36. The molecule has 3 rings (SSSR count). The first kappa shape index (κ1) is 13.1. The molecule has 1 aliphatic heterocycles. The average Bonchev–Trinajstić information content (AvgIpc) is 2.91. The number of nitrogens with one attached hydrogen (secondary N) is 1. The molecule has 0 spiro atoms. The second-order valence-electron chi connectivity index (χ2n) is 5.39. The highest BCUT2D eigenvalue weighted by Crippen LogP contribution is 2.25. The molecular formula is C15H19N3O2. The molecule has 0 saturated carbocycles. The van der Waals surface area contributed by atoms with Crippen molar-refractivity contribution in [2.45, 2.75) is 44.9 Å². The molecule has 1 aliphatic rings. The molecule has 106 valence electrons. The minimum absolute atomic E-state index is 0.301. The highest BCUT2D eigenvalue weighted by Gasteiger charge is 2.24. The predicted molar refractivity (Wildman–Crippen MR) is 76.4 cm³/mol. The summed E-state index contributed by atoms with van der Waals surface area (Å²) in [4.78, 5) is 0. The first-order chi connectivity index (χ1) is 9.70. The molecule has 0 aliphatic carbocycles. The maximum absolute atomic E-state index is 5.76. The molecule has 2 atom stereocenters. The van der Waals surface area contributed by atoms with Crippen LogP contribution < -0.4 is 5.32 Å². The Morgan fingerprint density at radius 1 is 1.20 bits per heavy atom. The normalized spacial score (nSPS) is 26.4. The Kier molecular flexibility index (Phi) is 3.69. The van der Waals surface area contributed by atoms with Crippen LogP contribution in [0.4, 0.5) is 5.69 Å². The third kappa shape index (κ3) is 2.99. The van der Waals surface area contributed by atoms with Crippen LogP contribution >= 0.6 is 0 Å². The average molecular weight is 273 g/mol. The van der Waals surface area contributed by atoms with Crippen LogP contribution in [0.25, 0.3) is 11.5 Å². The largest absolute Gasteiger partial charge is 0.423 e. The minimum Gasteiger partial charge on any atom is -0.423 e.